The molecule has 2 rings (SSSR count). The van der Waals surface area contributed by atoms with Crippen molar-refractivity contribution in [2.75, 3.05) is 12.4 Å². The molecule has 1 N–H and O–H groups in total. The monoisotopic (exact) mass is 300 g/mol. The molecule has 17 heavy (non-hydrogen) atoms. The van der Waals surface area contributed by atoms with Crippen LogP contribution in [0.15, 0.2) is 22.7 Å². The van der Waals surface area contributed by atoms with Crippen LogP contribution < -0.4 is 5.32 Å². The van der Waals surface area contributed by atoms with E-state index >= 15 is 0 Å². The van der Waals surface area contributed by atoms with E-state index in [2.05, 4.69) is 26.2 Å². The fourth-order valence-electron chi connectivity index (χ4n) is 1.76. The number of hydrogen-bond donors (Lipinski definition) is 1. The second-order valence-corrected chi connectivity index (χ2v) is 4.59. The second kappa shape index (κ2) is 4.56. The van der Waals surface area contributed by atoms with E-state index in [9.17, 15) is 8.78 Å². The first-order valence-corrected chi connectivity index (χ1v) is 5.89. The van der Waals surface area contributed by atoms with Gasteiger partial charge in [-0.3, -0.25) is 0 Å². The fourth-order valence-corrected chi connectivity index (χ4v) is 2.29. The molecule has 0 unspecified atom stereocenters. The summed E-state index contributed by atoms with van der Waals surface area (Å²) in [5.74, 6) is 0. The third-order valence-corrected chi connectivity index (χ3v) is 3.29. The molecule has 0 aliphatic rings. The van der Waals surface area contributed by atoms with Gasteiger partial charge in [-0.2, -0.15) is 0 Å². The van der Waals surface area contributed by atoms with Crippen LogP contribution in [0.4, 0.5) is 14.5 Å². The highest BCUT2D eigenvalue weighted by atomic mass is 79.9. The number of pyridine rings is 1. The molecular formula is C12H11BrF2N2. The molecule has 0 radical (unpaired) electrons. The van der Waals surface area contributed by atoms with Crippen LogP contribution in [0.25, 0.3) is 10.9 Å². The smallest absolute Gasteiger partial charge is 0.280 e. The molecule has 1 heterocycles. The number of aromatic nitrogens is 1. The number of fused-ring (bicyclic) bond motifs is 1. The Bertz CT molecular complexity index is 570. The summed E-state index contributed by atoms with van der Waals surface area (Å²) in [6.45, 7) is 1.86. The van der Waals surface area contributed by atoms with Crippen LogP contribution >= 0.6 is 15.9 Å². The number of nitrogens with zero attached hydrogens (tertiary/aromatic N) is 1. The zero-order valence-electron chi connectivity index (χ0n) is 9.39. The summed E-state index contributed by atoms with van der Waals surface area (Å²) in [4.78, 5) is 4.02. The zero-order chi connectivity index (χ0) is 12.6. The molecule has 0 aliphatic heterocycles. The molecule has 0 bridgehead atoms. The zero-order valence-corrected chi connectivity index (χ0v) is 11.0. The minimum Gasteiger partial charge on any atom is -0.387 e. The highest BCUT2D eigenvalue weighted by molar-refractivity contribution is 9.10. The first-order valence-electron chi connectivity index (χ1n) is 5.10. The lowest BCUT2D eigenvalue weighted by atomic mass is 10.1. The number of rotatable bonds is 2. The van der Waals surface area contributed by atoms with Crippen LogP contribution in [0.2, 0.25) is 0 Å². The van der Waals surface area contributed by atoms with Crippen molar-refractivity contribution < 1.29 is 8.78 Å². The predicted octanol–water partition coefficient (Wildman–Crippen LogP) is 4.29. The summed E-state index contributed by atoms with van der Waals surface area (Å²) in [7, 11) is 1.71. The van der Waals surface area contributed by atoms with E-state index in [0.29, 0.717) is 11.2 Å². The number of halogens is 3. The average Bonchev–Trinajstić information content (AvgIpc) is 2.32. The van der Waals surface area contributed by atoms with Crippen LogP contribution in [0.3, 0.4) is 0 Å². The highest BCUT2D eigenvalue weighted by Gasteiger charge is 2.15. The molecule has 5 heteroatoms. The number of hydrogen-bond acceptors (Lipinski definition) is 2. The Morgan fingerprint density at radius 2 is 2.06 bits per heavy atom. The van der Waals surface area contributed by atoms with E-state index in [1.807, 2.05) is 19.1 Å². The molecule has 0 aliphatic carbocycles. The van der Waals surface area contributed by atoms with Gasteiger partial charge < -0.3 is 5.32 Å². The van der Waals surface area contributed by atoms with Gasteiger partial charge in [0.2, 0.25) is 0 Å². The quantitative estimate of drug-likeness (QED) is 0.895. The molecular weight excluding hydrogens is 290 g/mol. The fraction of sp³-hybridized carbons (Fsp3) is 0.250. The van der Waals surface area contributed by atoms with Crippen molar-refractivity contribution in [2.45, 2.75) is 13.3 Å². The van der Waals surface area contributed by atoms with Gasteiger partial charge >= 0.3 is 0 Å². The Morgan fingerprint density at radius 3 is 2.65 bits per heavy atom. The molecule has 0 saturated carbocycles. The van der Waals surface area contributed by atoms with Crippen LogP contribution in [0, 0.1) is 6.92 Å². The molecule has 0 spiro atoms. The second-order valence-electron chi connectivity index (χ2n) is 3.73. The molecule has 90 valence electrons. The molecule has 2 nitrogen and oxygen atoms in total. The van der Waals surface area contributed by atoms with Crippen molar-refractivity contribution in [2.24, 2.45) is 0 Å². The van der Waals surface area contributed by atoms with Crippen molar-refractivity contribution >= 4 is 32.5 Å². The van der Waals surface area contributed by atoms with Gasteiger partial charge in [-0.05, 0) is 24.6 Å². The number of benzene rings is 1. The average molecular weight is 301 g/mol. The van der Waals surface area contributed by atoms with Crippen LogP contribution in [0.1, 0.15) is 17.7 Å². The van der Waals surface area contributed by atoms with Crippen LogP contribution in [0.5, 0.6) is 0 Å². The first kappa shape index (κ1) is 12.2. The number of aryl methyl sites for hydroxylation is 1. The summed E-state index contributed by atoms with van der Waals surface area (Å²) in [5, 5.41) is 3.76. The van der Waals surface area contributed by atoms with Crippen LogP contribution in [-0.2, 0) is 0 Å². The summed E-state index contributed by atoms with van der Waals surface area (Å²) in [5.41, 5.74) is 1.92. The number of alkyl halides is 2. The van der Waals surface area contributed by atoms with Gasteiger partial charge in [0.05, 0.1) is 5.52 Å². The molecule has 0 fully saturated rings. The van der Waals surface area contributed by atoms with E-state index < -0.39 is 6.43 Å². The van der Waals surface area contributed by atoms with E-state index in [4.69, 9.17) is 0 Å². The summed E-state index contributed by atoms with van der Waals surface area (Å²) in [6.07, 6.45) is -2.56. The first-order chi connectivity index (χ1) is 8.04. The third kappa shape index (κ3) is 2.11. The lowest BCUT2D eigenvalue weighted by Crippen LogP contribution is -1.98. The van der Waals surface area contributed by atoms with Crippen molar-refractivity contribution in [1.29, 1.82) is 0 Å². The van der Waals surface area contributed by atoms with Gasteiger partial charge in [0.15, 0.2) is 0 Å². The number of nitrogens with one attached hydrogen (secondary N) is 1. The van der Waals surface area contributed by atoms with Gasteiger partial charge in [-0.15, -0.1) is 0 Å². The van der Waals surface area contributed by atoms with E-state index in [-0.39, 0.29) is 5.69 Å². The van der Waals surface area contributed by atoms with Gasteiger partial charge in [0, 0.05) is 22.6 Å². The molecule has 0 amide bonds. The molecule has 0 saturated heterocycles. The van der Waals surface area contributed by atoms with Crippen molar-refractivity contribution in [1.82, 2.24) is 4.98 Å². The standard InChI is InChI=1S/C12H11BrF2N2/c1-6-3-4-7(13)10-8(16-2)5-9(12(14)15)17-11(6)10/h3-5,12H,1-2H3,(H,16,17). The number of anilines is 1. The van der Waals surface area contributed by atoms with Gasteiger partial charge in [0.25, 0.3) is 6.43 Å². The van der Waals surface area contributed by atoms with E-state index in [1.165, 1.54) is 6.07 Å². The summed E-state index contributed by atoms with van der Waals surface area (Å²) >= 11 is 3.42. The molecule has 1 aromatic carbocycles. The third-order valence-electron chi connectivity index (χ3n) is 2.62. The normalized spacial score (nSPS) is 11.2. The summed E-state index contributed by atoms with van der Waals surface area (Å²) in [6, 6.07) is 5.13. The largest absolute Gasteiger partial charge is 0.387 e. The molecule has 1 aromatic heterocycles. The minimum absolute atomic E-state index is 0.206. The Balaban J connectivity index is 2.87. The van der Waals surface area contributed by atoms with Crippen molar-refractivity contribution in [3.63, 3.8) is 0 Å². The maximum absolute atomic E-state index is 12.7. The Morgan fingerprint density at radius 1 is 1.35 bits per heavy atom. The molecule has 0 atom stereocenters. The van der Waals surface area contributed by atoms with Crippen LogP contribution in [-0.4, -0.2) is 12.0 Å². The Kier molecular flexibility index (Phi) is 3.28. The highest BCUT2D eigenvalue weighted by Crippen LogP contribution is 2.34. The lowest BCUT2D eigenvalue weighted by molar-refractivity contribution is 0.146. The van der Waals surface area contributed by atoms with Gasteiger partial charge in [0.1, 0.15) is 5.69 Å². The van der Waals surface area contributed by atoms with E-state index in [0.717, 1.165) is 15.4 Å². The topological polar surface area (TPSA) is 24.9 Å². The predicted molar refractivity (Wildman–Crippen MR) is 68.7 cm³/mol. The Hall–Kier alpha value is -1.23. The lowest BCUT2D eigenvalue weighted by Gasteiger charge is -2.12. The van der Waals surface area contributed by atoms with Crippen molar-refractivity contribution in [3.05, 3.63) is 33.9 Å². The Labute approximate surface area is 106 Å². The maximum Gasteiger partial charge on any atom is 0.280 e. The molecule has 2 aromatic rings. The maximum atomic E-state index is 12.7. The van der Waals surface area contributed by atoms with Crippen molar-refractivity contribution in [3.8, 4) is 0 Å². The summed E-state index contributed by atoms with van der Waals surface area (Å²) < 4.78 is 26.3. The minimum atomic E-state index is -2.56. The van der Waals surface area contributed by atoms with Gasteiger partial charge in [-0.1, -0.05) is 22.0 Å². The SMILES string of the molecule is CNc1cc(C(F)F)nc2c(C)ccc(Br)c12. The van der Waals surface area contributed by atoms with Gasteiger partial charge in [-0.25, -0.2) is 13.8 Å². The van der Waals surface area contributed by atoms with E-state index in [1.54, 1.807) is 7.05 Å².